The number of halogens is 3. The lowest BCUT2D eigenvalue weighted by Crippen LogP contribution is -2.19. The second kappa shape index (κ2) is 10.1. The second-order valence-corrected chi connectivity index (χ2v) is 9.24. The molecule has 0 amide bonds. The van der Waals surface area contributed by atoms with Gasteiger partial charge in [0.05, 0.1) is 52.1 Å². The van der Waals surface area contributed by atoms with Gasteiger partial charge in [0.25, 0.3) is 0 Å². The summed E-state index contributed by atoms with van der Waals surface area (Å²) in [6, 6.07) is 13.3. The van der Waals surface area contributed by atoms with Gasteiger partial charge in [-0.2, -0.15) is 10.2 Å². The first kappa shape index (κ1) is 23.6. The number of rotatable bonds is 6. The van der Waals surface area contributed by atoms with Crippen LogP contribution < -0.4 is 10.6 Å². The van der Waals surface area contributed by atoms with Gasteiger partial charge in [-0.15, -0.1) is 0 Å². The first-order valence-corrected chi connectivity index (χ1v) is 11.7. The Morgan fingerprint density at radius 3 is 2.39 bits per heavy atom. The Morgan fingerprint density at radius 2 is 1.67 bits per heavy atom. The fraction of sp³-hybridized carbons (Fsp3) is 0.174. The Morgan fingerprint density at radius 1 is 0.939 bits per heavy atom. The van der Waals surface area contributed by atoms with Crippen molar-refractivity contribution in [3.8, 4) is 0 Å². The van der Waals surface area contributed by atoms with Gasteiger partial charge in [0.15, 0.2) is 5.11 Å². The SMILES string of the molecule is Cc1nn(Cc2ccc(Cl)c(Cl)c2)c(C)c1NC(=S)Nc1cnn(Cc2ccc(Cl)cc2)c1. The van der Waals surface area contributed by atoms with E-state index in [4.69, 9.17) is 47.0 Å². The van der Waals surface area contributed by atoms with E-state index >= 15 is 0 Å². The number of hydrogen-bond acceptors (Lipinski definition) is 3. The van der Waals surface area contributed by atoms with Crippen molar-refractivity contribution in [2.24, 2.45) is 0 Å². The third-order valence-corrected chi connectivity index (χ3v) is 6.28. The predicted molar refractivity (Wildman–Crippen MR) is 140 cm³/mol. The molecular formula is C23H21Cl3N6S. The number of aromatic nitrogens is 4. The van der Waals surface area contributed by atoms with E-state index in [1.54, 1.807) is 12.3 Å². The summed E-state index contributed by atoms with van der Waals surface area (Å²) >= 11 is 23.6. The number of nitrogens with one attached hydrogen (secondary N) is 2. The van der Waals surface area contributed by atoms with Gasteiger partial charge in [-0.25, -0.2) is 0 Å². The summed E-state index contributed by atoms with van der Waals surface area (Å²) in [6.45, 7) is 5.14. The predicted octanol–water partition coefficient (Wildman–Crippen LogP) is 6.56. The maximum absolute atomic E-state index is 6.14. The highest BCUT2D eigenvalue weighted by Crippen LogP contribution is 2.25. The molecule has 0 atom stereocenters. The van der Waals surface area contributed by atoms with E-state index < -0.39 is 0 Å². The van der Waals surface area contributed by atoms with Gasteiger partial charge in [-0.05, 0) is 61.5 Å². The highest BCUT2D eigenvalue weighted by molar-refractivity contribution is 7.80. The smallest absolute Gasteiger partial charge is 0.175 e. The van der Waals surface area contributed by atoms with E-state index in [2.05, 4.69) is 20.8 Å². The van der Waals surface area contributed by atoms with Crippen molar-refractivity contribution in [3.05, 3.63) is 92.4 Å². The first-order chi connectivity index (χ1) is 15.8. The van der Waals surface area contributed by atoms with Crippen LogP contribution in [0.5, 0.6) is 0 Å². The van der Waals surface area contributed by atoms with E-state index in [9.17, 15) is 0 Å². The van der Waals surface area contributed by atoms with E-state index in [0.29, 0.717) is 33.3 Å². The lowest BCUT2D eigenvalue weighted by atomic mass is 10.2. The van der Waals surface area contributed by atoms with E-state index in [1.165, 1.54) is 0 Å². The Balaban J connectivity index is 1.40. The highest BCUT2D eigenvalue weighted by Gasteiger charge is 2.14. The molecule has 4 aromatic rings. The highest BCUT2D eigenvalue weighted by atomic mass is 35.5. The number of thiocarbonyl (C=S) groups is 1. The zero-order valence-corrected chi connectivity index (χ0v) is 21.0. The van der Waals surface area contributed by atoms with Crippen LogP contribution in [0.25, 0.3) is 0 Å². The molecule has 6 nitrogen and oxygen atoms in total. The average Bonchev–Trinajstić information content (AvgIpc) is 3.31. The Hall–Kier alpha value is -2.58. The van der Waals surface area contributed by atoms with Crippen LogP contribution in [-0.2, 0) is 13.1 Å². The largest absolute Gasteiger partial charge is 0.330 e. The lowest BCUT2D eigenvalue weighted by molar-refractivity contribution is 0.659. The van der Waals surface area contributed by atoms with Gasteiger partial charge in [-0.1, -0.05) is 53.0 Å². The van der Waals surface area contributed by atoms with Crippen molar-refractivity contribution in [1.82, 2.24) is 19.6 Å². The van der Waals surface area contributed by atoms with Gasteiger partial charge in [0.1, 0.15) is 0 Å². The lowest BCUT2D eigenvalue weighted by Gasteiger charge is -2.10. The summed E-state index contributed by atoms with van der Waals surface area (Å²) in [7, 11) is 0. The van der Waals surface area contributed by atoms with Crippen molar-refractivity contribution in [3.63, 3.8) is 0 Å². The molecule has 0 fully saturated rings. The fourth-order valence-corrected chi connectivity index (χ4v) is 4.08. The molecule has 0 unspecified atom stereocenters. The summed E-state index contributed by atoms with van der Waals surface area (Å²) in [5.74, 6) is 0. The normalized spacial score (nSPS) is 10.9. The van der Waals surface area contributed by atoms with Crippen LogP contribution in [0.15, 0.2) is 54.9 Å². The maximum atomic E-state index is 6.14. The number of anilines is 2. The minimum Gasteiger partial charge on any atom is -0.330 e. The van der Waals surface area contributed by atoms with Crippen LogP contribution in [0, 0.1) is 13.8 Å². The molecule has 2 N–H and O–H groups in total. The summed E-state index contributed by atoms with van der Waals surface area (Å²) in [4.78, 5) is 0. The summed E-state index contributed by atoms with van der Waals surface area (Å²) in [6.07, 6.45) is 3.63. The van der Waals surface area contributed by atoms with Gasteiger partial charge >= 0.3 is 0 Å². The van der Waals surface area contributed by atoms with E-state index in [-0.39, 0.29) is 0 Å². The average molecular weight is 520 g/mol. The maximum Gasteiger partial charge on any atom is 0.175 e. The molecule has 10 heteroatoms. The molecule has 33 heavy (non-hydrogen) atoms. The monoisotopic (exact) mass is 518 g/mol. The molecule has 0 bridgehead atoms. The standard InChI is InChI=1S/C23H21Cl3N6S/c1-14-22(15(2)32(30-14)12-17-5-8-20(25)21(26)9-17)29-23(33)28-19-10-27-31(13-19)11-16-3-6-18(24)7-4-16/h3-10,13H,11-12H2,1-2H3,(H2,28,29,33). The summed E-state index contributed by atoms with van der Waals surface area (Å²) in [5, 5.41) is 17.7. The molecule has 170 valence electrons. The molecule has 0 saturated heterocycles. The molecule has 0 saturated carbocycles. The van der Waals surface area contributed by atoms with Crippen LogP contribution in [0.1, 0.15) is 22.5 Å². The van der Waals surface area contributed by atoms with Crippen molar-refractivity contribution < 1.29 is 0 Å². The number of hydrogen-bond donors (Lipinski definition) is 2. The molecule has 0 aliphatic carbocycles. The minimum atomic E-state index is 0.460. The molecule has 2 aromatic carbocycles. The topological polar surface area (TPSA) is 59.7 Å². The van der Waals surface area contributed by atoms with Crippen LogP contribution in [0.4, 0.5) is 11.4 Å². The second-order valence-electron chi connectivity index (χ2n) is 7.58. The van der Waals surface area contributed by atoms with Gasteiger partial charge in [-0.3, -0.25) is 9.36 Å². The zero-order valence-electron chi connectivity index (χ0n) is 17.9. The molecule has 2 heterocycles. The molecule has 4 rings (SSSR count). The van der Waals surface area contributed by atoms with Crippen LogP contribution in [-0.4, -0.2) is 24.7 Å². The molecule has 0 aliphatic heterocycles. The minimum absolute atomic E-state index is 0.460. The summed E-state index contributed by atoms with van der Waals surface area (Å²) < 4.78 is 3.74. The molecule has 2 aromatic heterocycles. The summed E-state index contributed by atoms with van der Waals surface area (Å²) in [5.41, 5.74) is 5.57. The van der Waals surface area contributed by atoms with E-state index in [0.717, 1.165) is 33.9 Å². The van der Waals surface area contributed by atoms with Crippen molar-refractivity contribution in [1.29, 1.82) is 0 Å². The quantitative estimate of drug-likeness (QED) is 0.282. The third-order valence-electron chi connectivity index (χ3n) is 5.09. The van der Waals surface area contributed by atoms with Crippen molar-refractivity contribution in [2.45, 2.75) is 26.9 Å². The molecule has 0 aliphatic rings. The van der Waals surface area contributed by atoms with Crippen molar-refractivity contribution in [2.75, 3.05) is 10.6 Å². The van der Waals surface area contributed by atoms with Crippen molar-refractivity contribution >= 4 is 63.5 Å². The third kappa shape index (κ3) is 5.86. The van der Waals surface area contributed by atoms with Gasteiger partial charge in [0.2, 0.25) is 0 Å². The van der Waals surface area contributed by atoms with Crippen LogP contribution in [0.3, 0.4) is 0 Å². The Kier molecular flexibility index (Phi) is 7.24. The number of nitrogens with zero attached hydrogens (tertiary/aromatic N) is 4. The fourth-order valence-electron chi connectivity index (χ4n) is 3.41. The molecule has 0 spiro atoms. The zero-order chi connectivity index (χ0) is 23.5. The Bertz CT molecular complexity index is 1300. The van der Waals surface area contributed by atoms with Gasteiger partial charge in [0, 0.05) is 11.2 Å². The number of aryl methyl sites for hydroxylation is 1. The van der Waals surface area contributed by atoms with Gasteiger partial charge < -0.3 is 10.6 Å². The first-order valence-electron chi connectivity index (χ1n) is 10.1. The van der Waals surface area contributed by atoms with E-state index in [1.807, 2.05) is 65.8 Å². The molecular weight excluding hydrogens is 499 g/mol. The molecule has 0 radical (unpaired) electrons. The van der Waals surface area contributed by atoms with Crippen LogP contribution >= 0.6 is 47.0 Å². The van der Waals surface area contributed by atoms with Crippen LogP contribution in [0.2, 0.25) is 15.1 Å². The Labute approximate surface area is 212 Å². The number of benzene rings is 2.